The topological polar surface area (TPSA) is 12.0 Å². The molecule has 1 saturated carbocycles. The molecule has 0 saturated heterocycles. The van der Waals surface area contributed by atoms with E-state index in [1.165, 1.54) is 32.1 Å². The zero-order valence-corrected chi connectivity index (χ0v) is 12.9. The molecule has 0 radical (unpaired) electrons. The van der Waals surface area contributed by atoms with Gasteiger partial charge in [-0.2, -0.15) is 0 Å². The molecule has 1 aliphatic carbocycles. The largest absolute Gasteiger partial charge is 0.307 e. The highest BCUT2D eigenvalue weighted by molar-refractivity contribution is 8.01. The quantitative estimate of drug-likeness (QED) is 0.850. The van der Waals surface area contributed by atoms with Crippen LogP contribution < -0.4 is 5.32 Å². The van der Waals surface area contributed by atoms with Gasteiger partial charge in [-0.25, -0.2) is 0 Å². The van der Waals surface area contributed by atoms with Crippen LogP contribution in [0.4, 0.5) is 0 Å². The molecule has 0 bridgehead atoms. The van der Waals surface area contributed by atoms with Crippen LogP contribution in [-0.4, -0.2) is 11.3 Å². The van der Waals surface area contributed by atoms with Crippen LogP contribution in [-0.2, 0) is 0 Å². The average molecular weight is 281 g/mol. The normalized spacial score (nSPS) is 30.3. The zero-order chi connectivity index (χ0) is 12.5. The molecule has 1 N–H and O–H groups in total. The molecule has 1 aliphatic heterocycles. The first-order chi connectivity index (χ1) is 8.74. The Bertz CT molecular complexity index is 395. The Morgan fingerprint density at radius 2 is 2.11 bits per heavy atom. The molecule has 0 amide bonds. The fourth-order valence-electron chi connectivity index (χ4n) is 3.42. The van der Waals surface area contributed by atoms with Crippen LogP contribution in [0.1, 0.15) is 57.6 Å². The van der Waals surface area contributed by atoms with Crippen molar-refractivity contribution in [2.24, 2.45) is 5.92 Å². The first-order valence-corrected chi connectivity index (χ1v) is 9.00. The third kappa shape index (κ3) is 2.63. The van der Waals surface area contributed by atoms with E-state index in [-0.39, 0.29) is 0 Å². The molecule has 1 nitrogen and oxygen atoms in total. The van der Waals surface area contributed by atoms with Crippen LogP contribution in [0.25, 0.3) is 0 Å². The predicted molar refractivity (Wildman–Crippen MR) is 81.6 cm³/mol. The van der Waals surface area contributed by atoms with Crippen molar-refractivity contribution >= 4 is 23.1 Å². The minimum atomic E-state index is 0.595. The minimum Gasteiger partial charge on any atom is -0.307 e. The van der Waals surface area contributed by atoms with Crippen molar-refractivity contribution < 1.29 is 0 Å². The summed E-state index contributed by atoms with van der Waals surface area (Å²) in [5, 5.41) is 6.94. The van der Waals surface area contributed by atoms with Crippen molar-refractivity contribution in [2.45, 2.75) is 67.5 Å². The molecule has 2 heterocycles. The Morgan fingerprint density at radius 3 is 2.89 bits per heavy atom. The van der Waals surface area contributed by atoms with Crippen molar-refractivity contribution in [3.8, 4) is 0 Å². The second-order valence-corrected chi connectivity index (χ2v) is 8.50. The number of thioether (sulfide) groups is 1. The van der Waals surface area contributed by atoms with Gasteiger partial charge < -0.3 is 5.32 Å². The highest BCUT2D eigenvalue weighted by Gasteiger charge is 2.29. The van der Waals surface area contributed by atoms with Gasteiger partial charge in [0.1, 0.15) is 0 Å². The lowest BCUT2D eigenvalue weighted by Gasteiger charge is -2.32. The van der Waals surface area contributed by atoms with Gasteiger partial charge >= 0.3 is 0 Å². The van der Waals surface area contributed by atoms with Crippen LogP contribution >= 0.6 is 23.1 Å². The summed E-state index contributed by atoms with van der Waals surface area (Å²) in [6.07, 6.45) is 7.03. The fourth-order valence-corrected chi connectivity index (χ4v) is 5.98. The van der Waals surface area contributed by atoms with E-state index in [1.54, 1.807) is 9.77 Å². The lowest BCUT2D eigenvalue weighted by atomic mass is 9.96. The number of hydrogen-bond acceptors (Lipinski definition) is 3. The summed E-state index contributed by atoms with van der Waals surface area (Å²) >= 11 is 3.98. The molecule has 2 aliphatic rings. The van der Waals surface area contributed by atoms with Gasteiger partial charge in [0.2, 0.25) is 0 Å². The summed E-state index contributed by atoms with van der Waals surface area (Å²) in [4.78, 5) is 0. The van der Waals surface area contributed by atoms with E-state index in [9.17, 15) is 0 Å². The first kappa shape index (κ1) is 13.0. The van der Waals surface area contributed by atoms with Gasteiger partial charge in [-0.15, -0.1) is 23.1 Å². The van der Waals surface area contributed by atoms with Crippen molar-refractivity contribution in [1.82, 2.24) is 5.32 Å². The Kier molecular flexibility index (Phi) is 4.02. The van der Waals surface area contributed by atoms with Gasteiger partial charge in [0, 0.05) is 17.3 Å². The van der Waals surface area contributed by atoms with E-state index in [1.807, 2.05) is 11.3 Å². The smallest absolute Gasteiger partial charge is 0.0649 e. The molecular weight excluding hydrogens is 258 g/mol. The van der Waals surface area contributed by atoms with Crippen LogP contribution in [0.2, 0.25) is 0 Å². The van der Waals surface area contributed by atoms with E-state index in [4.69, 9.17) is 0 Å². The molecule has 3 rings (SSSR count). The van der Waals surface area contributed by atoms with Crippen molar-refractivity contribution in [3.05, 3.63) is 17.0 Å². The lowest BCUT2D eigenvalue weighted by molar-refractivity contribution is 0.331. The van der Waals surface area contributed by atoms with Gasteiger partial charge in [0.25, 0.3) is 0 Å². The van der Waals surface area contributed by atoms with Gasteiger partial charge in [-0.05, 0) is 49.1 Å². The average Bonchev–Trinajstić information content (AvgIpc) is 2.98. The molecule has 1 aromatic rings. The summed E-state index contributed by atoms with van der Waals surface area (Å²) in [6, 6.07) is 3.61. The SMILES string of the molecule is C[C@H]1CC(N[C@H](C)C2CCCC2)c2ccsc2S1. The molecule has 1 fully saturated rings. The van der Waals surface area contributed by atoms with Crippen molar-refractivity contribution in [3.63, 3.8) is 0 Å². The van der Waals surface area contributed by atoms with E-state index in [0.717, 1.165) is 11.2 Å². The van der Waals surface area contributed by atoms with Gasteiger partial charge in [-0.3, -0.25) is 0 Å². The minimum absolute atomic E-state index is 0.595. The summed E-state index contributed by atoms with van der Waals surface area (Å²) in [5.41, 5.74) is 1.56. The van der Waals surface area contributed by atoms with Gasteiger partial charge in [-0.1, -0.05) is 19.8 Å². The lowest BCUT2D eigenvalue weighted by Crippen LogP contribution is -2.37. The number of fused-ring (bicyclic) bond motifs is 1. The van der Waals surface area contributed by atoms with Crippen molar-refractivity contribution in [1.29, 1.82) is 0 Å². The number of thiophene rings is 1. The van der Waals surface area contributed by atoms with E-state index in [2.05, 4.69) is 42.4 Å². The Labute approximate surface area is 119 Å². The van der Waals surface area contributed by atoms with E-state index >= 15 is 0 Å². The second-order valence-electron chi connectivity index (χ2n) is 5.88. The predicted octanol–water partition coefficient (Wildman–Crippen LogP) is 4.84. The monoisotopic (exact) mass is 281 g/mol. The molecule has 0 aromatic carbocycles. The summed E-state index contributed by atoms with van der Waals surface area (Å²) in [6.45, 7) is 4.76. The Morgan fingerprint density at radius 1 is 1.33 bits per heavy atom. The van der Waals surface area contributed by atoms with Crippen LogP contribution in [0.5, 0.6) is 0 Å². The second kappa shape index (κ2) is 5.56. The van der Waals surface area contributed by atoms with Crippen LogP contribution in [0.3, 0.4) is 0 Å². The number of nitrogens with one attached hydrogen (secondary N) is 1. The van der Waals surface area contributed by atoms with E-state index < -0.39 is 0 Å². The summed E-state index contributed by atoms with van der Waals surface area (Å²) in [5.74, 6) is 0.914. The molecule has 1 unspecified atom stereocenters. The third-order valence-corrected chi connectivity index (χ3v) is 6.82. The Hall–Kier alpha value is 0.01000. The zero-order valence-electron chi connectivity index (χ0n) is 11.3. The summed E-state index contributed by atoms with van der Waals surface area (Å²) in [7, 11) is 0. The maximum absolute atomic E-state index is 3.93. The molecule has 0 spiro atoms. The highest BCUT2D eigenvalue weighted by atomic mass is 32.2. The first-order valence-electron chi connectivity index (χ1n) is 7.24. The van der Waals surface area contributed by atoms with E-state index in [0.29, 0.717) is 12.1 Å². The maximum Gasteiger partial charge on any atom is 0.0649 e. The molecule has 18 heavy (non-hydrogen) atoms. The van der Waals surface area contributed by atoms with Gasteiger partial charge in [0.15, 0.2) is 0 Å². The number of rotatable bonds is 3. The summed E-state index contributed by atoms with van der Waals surface area (Å²) < 4.78 is 1.55. The molecule has 3 heteroatoms. The number of hydrogen-bond donors (Lipinski definition) is 1. The van der Waals surface area contributed by atoms with Crippen LogP contribution in [0.15, 0.2) is 15.7 Å². The van der Waals surface area contributed by atoms with Gasteiger partial charge in [0.05, 0.1) is 4.21 Å². The third-order valence-electron chi connectivity index (χ3n) is 4.48. The Balaban J connectivity index is 1.69. The maximum atomic E-state index is 3.93. The van der Waals surface area contributed by atoms with Crippen LogP contribution in [0, 0.1) is 5.92 Å². The molecule has 1 aromatic heterocycles. The molecular formula is C15H23NS2. The highest BCUT2D eigenvalue weighted by Crippen LogP contribution is 2.44. The standard InChI is InChI=1S/C15H23NS2/c1-10-9-14(13-7-8-17-15(13)18-10)16-11(2)12-5-3-4-6-12/h7-8,10-12,14,16H,3-6,9H2,1-2H3/t10-,11+,14?/m0/s1. The molecule has 100 valence electrons. The fraction of sp³-hybridized carbons (Fsp3) is 0.733. The van der Waals surface area contributed by atoms with Crippen molar-refractivity contribution in [2.75, 3.05) is 0 Å². The molecule has 3 atom stereocenters.